The first-order valence-corrected chi connectivity index (χ1v) is 52.1. The van der Waals surface area contributed by atoms with Gasteiger partial charge in [0.05, 0.1) is 127 Å². The smallest absolute Gasteiger partial charge is 0.419 e. The maximum absolute atomic E-state index is 13.9. The summed E-state index contributed by atoms with van der Waals surface area (Å²) in [4.78, 5) is 6.76. The fourth-order valence-electron chi connectivity index (χ4n) is 13.4. The molecule has 0 unspecified atom stereocenters. The molecule has 0 heterocycles. The van der Waals surface area contributed by atoms with Crippen molar-refractivity contribution in [3.8, 4) is 23.0 Å². The molecule has 0 amide bonds. The zero-order valence-electron chi connectivity index (χ0n) is 73.3. The van der Waals surface area contributed by atoms with Crippen LogP contribution >= 0.6 is 113 Å². The molecular weight excluding hydrogens is 2620 g/mol. The van der Waals surface area contributed by atoms with Gasteiger partial charge in [0.15, 0.2) is 96.6 Å². The average Bonchev–Trinajstić information content (AvgIpc) is 0.774. The minimum Gasteiger partial charge on any atom is -0.496 e. The van der Waals surface area contributed by atoms with Crippen molar-refractivity contribution in [3.05, 3.63) is 413 Å². The Morgan fingerprint density at radius 1 is 0.174 bits per heavy atom. The van der Waals surface area contributed by atoms with E-state index in [2.05, 4.69) is 90.4 Å². The maximum Gasteiger partial charge on any atom is 0.419 e. The van der Waals surface area contributed by atoms with Gasteiger partial charge in [0.25, 0.3) is 0 Å². The van der Waals surface area contributed by atoms with Gasteiger partial charge in [-0.25, -0.2) is 17.6 Å². The number of hydrogen-bond acceptors (Lipinski definition) is 4. The Morgan fingerprint density at radius 2 is 0.361 bits per heavy atom. The molecule has 0 aliphatic heterocycles. The number of hydrogen-bond donors (Lipinski definition) is 0. The Labute approximate surface area is 887 Å². The third-order valence-electron chi connectivity index (χ3n) is 19.8. The fraction of sp³-hybridized carbons (Fsp3) is 0.118. The largest absolute Gasteiger partial charge is 0.496 e. The van der Waals surface area contributed by atoms with Crippen molar-refractivity contribution in [1.29, 1.82) is 0 Å². The van der Waals surface area contributed by atoms with E-state index in [1.165, 1.54) is 123 Å². The van der Waals surface area contributed by atoms with E-state index in [-0.39, 0.29) is 51.7 Å². The molecule has 42 heteroatoms. The molecule has 15 aromatic carbocycles. The second-order valence-electron chi connectivity index (χ2n) is 29.6. The number of methoxy groups -OCH3 is 4. The van der Waals surface area contributed by atoms with Crippen molar-refractivity contribution >= 4 is 167 Å². The highest BCUT2D eigenvalue weighted by Gasteiger charge is 2.47. The van der Waals surface area contributed by atoms with E-state index in [0.29, 0.717) is 57.2 Å². The Morgan fingerprint density at radius 3 is 0.576 bits per heavy atom. The van der Waals surface area contributed by atoms with Crippen LogP contribution in [0.1, 0.15) is 44.5 Å². The van der Waals surface area contributed by atoms with Gasteiger partial charge in [0, 0.05) is 90.6 Å². The minimum absolute atomic E-state index is 0.0877. The van der Waals surface area contributed by atoms with Crippen LogP contribution in [0, 0.1) is 41.1 Å². The van der Waals surface area contributed by atoms with Crippen LogP contribution in [0.5, 0.6) is 23.0 Å². The Kier molecular flexibility index (Phi) is 39.2. The molecule has 15 rings (SSSR count). The number of halogens is 33. The van der Waals surface area contributed by atoms with Gasteiger partial charge in [-0.1, -0.05) is 24.3 Å². The molecule has 754 valence electrons. The standard InChI is InChI=1S/C22H10F12IS.C22H16F6IO2S.C20H12F6IS.C20H16F2IO2S.C18H12F2IS/c23-19(24,25)11-5-12(20(26,27)28)8-17(7-11)36(16-3-1-15(35)2-4-16)18-9-13(21(29,30)31)6-14(10-18)22(32,33)34;1-30-19-11-15(7-9-17(19)21(23,24)25)32(14-5-3-13(29)4-6-14)16-8-10-18(22(26,27)28)20(12-16)31-2;21-19(22,23)13-3-1-5-17(11-13)28(16-9-7-15(27)8-10-16)18-6-2-4-14(12-18)20(24,25)26;1-24-19-11-15(7-9-17(19)21)26(14-5-3-13(23)4-6-14)16-8-10-18(22)20(12-16)25-2;19-13-3-1-5-17(11-13)22(16-9-7-15(21)8-10-16)18-6-2-4-14(20)12-18/h1-10H;3-12H,1-2H3;1-12H;3-12H,1-2H3;1-12H/q5*+1. The molecule has 0 fully saturated rings. The quantitative estimate of drug-likeness (QED) is 0.0459. The molecule has 0 saturated heterocycles. The van der Waals surface area contributed by atoms with Crippen LogP contribution in [0.2, 0.25) is 0 Å². The summed E-state index contributed by atoms with van der Waals surface area (Å²) in [6.07, 6.45) is -39.4. The van der Waals surface area contributed by atoms with E-state index in [0.717, 1.165) is 94.3 Å². The van der Waals surface area contributed by atoms with E-state index >= 15 is 0 Å². The van der Waals surface area contributed by atoms with Crippen LogP contribution in [0.4, 0.5) is 123 Å². The summed E-state index contributed by atoms with van der Waals surface area (Å²) in [7, 11) is -0.276. The first-order chi connectivity index (χ1) is 67.4. The second-order valence-corrected chi connectivity index (χ2v) is 45.9. The van der Waals surface area contributed by atoms with Crippen LogP contribution in [0.3, 0.4) is 0 Å². The predicted octanol–water partition coefficient (Wildman–Crippen LogP) is 35.7. The van der Waals surface area contributed by atoms with Crippen molar-refractivity contribution in [3.63, 3.8) is 0 Å². The Bertz CT molecular complexity index is 6550. The highest BCUT2D eigenvalue weighted by Crippen LogP contribution is 2.49. The van der Waals surface area contributed by atoms with Gasteiger partial charge in [-0.15, -0.1) is 0 Å². The van der Waals surface area contributed by atoms with Crippen LogP contribution in [0.25, 0.3) is 0 Å². The average molecular weight is 2680 g/mol. The highest BCUT2D eigenvalue weighted by molar-refractivity contribution is 14.1. The molecule has 0 saturated carbocycles. The van der Waals surface area contributed by atoms with Crippen molar-refractivity contribution in [2.45, 2.75) is 123 Å². The molecule has 144 heavy (non-hydrogen) atoms. The highest BCUT2D eigenvalue weighted by atomic mass is 127. The molecule has 15 aromatic rings. The second kappa shape index (κ2) is 48.9. The van der Waals surface area contributed by atoms with E-state index < -0.39 is 170 Å². The maximum atomic E-state index is 13.9. The van der Waals surface area contributed by atoms with E-state index in [1.807, 2.05) is 95.4 Å². The van der Waals surface area contributed by atoms with Crippen LogP contribution in [0.15, 0.2) is 401 Å². The molecule has 0 N–H and O–H groups in total. The van der Waals surface area contributed by atoms with Gasteiger partial charge in [0.1, 0.15) is 23.1 Å². The Balaban J connectivity index is 0.000000173. The van der Waals surface area contributed by atoms with E-state index in [1.54, 1.807) is 72.8 Å². The summed E-state index contributed by atoms with van der Waals surface area (Å²) in [5.41, 5.74) is -10.5. The van der Waals surface area contributed by atoms with Gasteiger partial charge in [-0.05, 0) is 343 Å². The lowest BCUT2D eigenvalue weighted by Crippen LogP contribution is -2.16. The summed E-state index contributed by atoms with van der Waals surface area (Å²) in [6.45, 7) is 0. The van der Waals surface area contributed by atoms with Gasteiger partial charge in [-0.3, -0.25) is 0 Å². The number of ether oxygens (including phenoxy) is 4. The third-order valence-corrected chi connectivity index (χ3v) is 34.4. The summed E-state index contributed by atoms with van der Waals surface area (Å²) in [6, 6.07) is 75.5. The zero-order valence-corrected chi connectivity index (χ0v) is 88.2. The minimum atomic E-state index is -5.28. The summed E-state index contributed by atoms with van der Waals surface area (Å²) in [5, 5.41) is 0. The van der Waals surface area contributed by atoms with Crippen molar-refractivity contribution in [2.75, 3.05) is 28.4 Å². The summed E-state index contributed by atoms with van der Waals surface area (Å²) < 4.78 is 400. The lowest BCUT2D eigenvalue weighted by molar-refractivity contribution is -0.144. The van der Waals surface area contributed by atoms with Crippen molar-refractivity contribution < 1.29 is 142 Å². The molecule has 0 spiro atoms. The third kappa shape index (κ3) is 31.1. The van der Waals surface area contributed by atoms with Crippen molar-refractivity contribution in [1.82, 2.24) is 0 Å². The van der Waals surface area contributed by atoms with E-state index in [4.69, 9.17) is 18.9 Å². The first-order valence-electron chi connectivity index (χ1n) is 40.6. The molecule has 0 aromatic heterocycles. The SMILES string of the molecule is COc1cc([S+](c2ccc(I)cc2)c2ccc(C(F)(F)F)c(OC)c2)ccc1C(F)(F)F.COc1cc([S+](c2ccc(I)cc2)c2ccc(F)c(OC)c2)ccc1F.FC(F)(F)c1cc([S+](c2ccc(I)cc2)c2cc(C(F)(F)F)cc(C(F)(F)F)c2)cc(C(F)(F)F)c1.FC(F)(F)c1cccc([S+](c2ccc(I)cc2)c2cccc(C(F)(F)F)c2)c1.Fc1cccc([S+](c2ccc(I)cc2)c2cccc(F)c2)c1. The van der Waals surface area contributed by atoms with Crippen molar-refractivity contribution in [2.24, 2.45) is 0 Å². The predicted molar refractivity (Wildman–Crippen MR) is 537 cm³/mol. The van der Waals surface area contributed by atoms with Crippen LogP contribution in [-0.4, -0.2) is 28.4 Å². The van der Waals surface area contributed by atoms with Gasteiger partial charge >= 0.3 is 49.4 Å². The van der Waals surface area contributed by atoms with Gasteiger partial charge in [-0.2, -0.15) is 105 Å². The monoisotopic (exact) mass is 2680 g/mol. The van der Waals surface area contributed by atoms with E-state index in [9.17, 15) is 123 Å². The normalized spacial score (nSPS) is 12.1. The number of alkyl halides is 24. The van der Waals surface area contributed by atoms with Crippen LogP contribution < -0.4 is 18.9 Å². The lowest BCUT2D eigenvalue weighted by atomic mass is 10.1. The summed E-state index contributed by atoms with van der Waals surface area (Å²) in [5.74, 6) is -1.76. The molecule has 0 radical (unpaired) electrons. The molecule has 0 atom stereocenters. The number of rotatable bonds is 19. The molecule has 0 bridgehead atoms. The van der Waals surface area contributed by atoms with Gasteiger partial charge in [0.2, 0.25) is 0 Å². The topological polar surface area (TPSA) is 36.9 Å². The van der Waals surface area contributed by atoms with Crippen LogP contribution in [-0.2, 0) is 104 Å². The lowest BCUT2D eigenvalue weighted by Gasteiger charge is -2.17. The molecule has 0 aliphatic rings. The fourth-order valence-corrected chi connectivity index (χ4v) is 25.8. The zero-order chi connectivity index (χ0) is 106. The first kappa shape index (κ1) is 115. The molecular formula is C102H66F28I5O4S5+5. The Hall–Kier alpha value is -9.06. The van der Waals surface area contributed by atoms with Gasteiger partial charge < -0.3 is 18.9 Å². The number of benzene rings is 15. The summed E-state index contributed by atoms with van der Waals surface area (Å²) >= 11 is 10.5. The molecule has 4 nitrogen and oxygen atoms in total. The molecule has 0 aliphatic carbocycles.